The zero-order valence-electron chi connectivity index (χ0n) is 11.6. The number of nitro benzene ring substituents is 1. The number of hydrogen-bond acceptors (Lipinski definition) is 5. The minimum Gasteiger partial charge on any atom is -0.369 e. The van der Waals surface area contributed by atoms with E-state index in [0.29, 0.717) is 12.2 Å². The lowest BCUT2D eigenvalue weighted by atomic mass is 10.1. The average molecular weight is 285 g/mol. The van der Waals surface area contributed by atoms with Gasteiger partial charge < -0.3 is 9.47 Å². The van der Waals surface area contributed by atoms with Crippen molar-refractivity contribution in [3.8, 4) is 6.07 Å². The second-order valence-electron chi connectivity index (χ2n) is 4.65. The molecule has 0 N–H and O–H groups in total. The van der Waals surface area contributed by atoms with Crippen molar-refractivity contribution in [3.05, 3.63) is 52.6 Å². The molecule has 0 radical (unpaired) electrons. The van der Waals surface area contributed by atoms with Crippen LogP contribution in [0, 0.1) is 21.4 Å². The van der Waals surface area contributed by atoms with Gasteiger partial charge in [-0.1, -0.05) is 0 Å². The highest BCUT2D eigenvalue weighted by Gasteiger charge is 2.17. The summed E-state index contributed by atoms with van der Waals surface area (Å²) in [5.41, 5.74) is 0.765. The Hall–Kier alpha value is -2.88. The maximum absolute atomic E-state index is 11.1. The van der Waals surface area contributed by atoms with Crippen molar-refractivity contribution < 1.29 is 4.92 Å². The van der Waals surface area contributed by atoms with Crippen LogP contribution >= 0.6 is 0 Å². The molecule has 7 nitrogen and oxygen atoms in total. The average Bonchev–Trinajstić information content (AvgIpc) is 2.99. The van der Waals surface area contributed by atoms with Crippen LogP contribution < -0.4 is 4.90 Å². The second-order valence-corrected chi connectivity index (χ2v) is 4.65. The fourth-order valence-electron chi connectivity index (χ4n) is 2.09. The smallest absolute Gasteiger partial charge is 0.293 e. The molecule has 0 saturated heterocycles. The SMILES string of the molecule is CN(CCCn1ccnc1)c1ccc(C#N)cc1[N+](=O)[O-]. The van der Waals surface area contributed by atoms with E-state index < -0.39 is 4.92 Å². The van der Waals surface area contributed by atoms with Crippen molar-refractivity contribution in [2.75, 3.05) is 18.5 Å². The number of benzene rings is 1. The fraction of sp³-hybridized carbons (Fsp3) is 0.286. The Morgan fingerprint density at radius 2 is 2.33 bits per heavy atom. The van der Waals surface area contributed by atoms with Gasteiger partial charge >= 0.3 is 0 Å². The first-order chi connectivity index (χ1) is 10.1. The summed E-state index contributed by atoms with van der Waals surface area (Å²) in [4.78, 5) is 16.4. The molecule has 0 aliphatic rings. The minimum atomic E-state index is -0.456. The molecule has 0 fully saturated rings. The van der Waals surface area contributed by atoms with Crippen LogP contribution in [0.15, 0.2) is 36.9 Å². The van der Waals surface area contributed by atoms with E-state index in [1.807, 2.05) is 28.8 Å². The molecule has 1 aromatic carbocycles. The van der Waals surface area contributed by atoms with Gasteiger partial charge in [0.25, 0.3) is 5.69 Å². The van der Waals surface area contributed by atoms with E-state index in [-0.39, 0.29) is 11.3 Å². The molecule has 0 amide bonds. The molecule has 0 aliphatic heterocycles. The number of imidazole rings is 1. The lowest BCUT2D eigenvalue weighted by molar-refractivity contribution is -0.384. The summed E-state index contributed by atoms with van der Waals surface area (Å²) < 4.78 is 1.96. The number of rotatable bonds is 6. The third-order valence-corrected chi connectivity index (χ3v) is 3.18. The Bertz CT molecular complexity index is 660. The zero-order chi connectivity index (χ0) is 15.2. The summed E-state index contributed by atoms with van der Waals surface area (Å²) in [5, 5.41) is 19.9. The summed E-state index contributed by atoms with van der Waals surface area (Å²) in [5.74, 6) is 0. The predicted octanol–water partition coefficient (Wildman–Crippen LogP) is 2.19. The van der Waals surface area contributed by atoms with E-state index in [4.69, 9.17) is 5.26 Å². The maximum atomic E-state index is 11.1. The standard InChI is InChI=1S/C14H15N5O2/c1-17(6-2-7-18-8-5-16-11-18)13-4-3-12(10-15)9-14(13)19(20)21/h3-5,8-9,11H,2,6-7H2,1H3. The van der Waals surface area contributed by atoms with Crippen LogP contribution in [0.1, 0.15) is 12.0 Å². The van der Waals surface area contributed by atoms with Gasteiger partial charge in [0.2, 0.25) is 0 Å². The van der Waals surface area contributed by atoms with Gasteiger partial charge in [0.15, 0.2) is 0 Å². The van der Waals surface area contributed by atoms with Crippen molar-refractivity contribution in [2.24, 2.45) is 0 Å². The lowest BCUT2D eigenvalue weighted by Crippen LogP contribution is -2.20. The molecule has 0 aliphatic carbocycles. The van der Waals surface area contributed by atoms with Crippen molar-refractivity contribution in [3.63, 3.8) is 0 Å². The van der Waals surface area contributed by atoms with Crippen molar-refractivity contribution in [2.45, 2.75) is 13.0 Å². The zero-order valence-corrected chi connectivity index (χ0v) is 11.6. The molecule has 2 aromatic rings. The Morgan fingerprint density at radius 3 is 2.95 bits per heavy atom. The summed E-state index contributed by atoms with van der Waals surface area (Å²) >= 11 is 0. The van der Waals surface area contributed by atoms with Gasteiger partial charge in [0.1, 0.15) is 5.69 Å². The molecule has 21 heavy (non-hydrogen) atoms. The number of nitro groups is 1. The van der Waals surface area contributed by atoms with E-state index in [0.717, 1.165) is 13.0 Å². The molecule has 2 rings (SSSR count). The van der Waals surface area contributed by atoms with Crippen LogP contribution in [0.2, 0.25) is 0 Å². The van der Waals surface area contributed by atoms with Gasteiger partial charge in [-0.25, -0.2) is 4.98 Å². The third-order valence-electron chi connectivity index (χ3n) is 3.18. The second kappa shape index (κ2) is 6.52. The van der Waals surface area contributed by atoms with E-state index in [1.165, 1.54) is 6.07 Å². The largest absolute Gasteiger partial charge is 0.369 e. The van der Waals surface area contributed by atoms with Gasteiger partial charge in [-0.3, -0.25) is 10.1 Å². The van der Waals surface area contributed by atoms with Crippen LogP contribution in [-0.4, -0.2) is 28.1 Å². The predicted molar refractivity (Wildman–Crippen MR) is 77.9 cm³/mol. The monoisotopic (exact) mass is 285 g/mol. The first-order valence-electron chi connectivity index (χ1n) is 6.47. The first-order valence-corrected chi connectivity index (χ1v) is 6.47. The minimum absolute atomic E-state index is 0.0424. The highest BCUT2D eigenvalue weighted by atomic mass is 16.6. The molecule has 1 heterocycles. The van der Waals surface area contributed by atoms with Crippen LogP contribution in [0.4, 0.5) is 11.4 Å². The Balaban J connectivity index is 2.06. The molecule has 0 unspecified atom stereocenters. The molecule has 7 heteroatoms. The molecule has 0 saturated carbocycles. The summed E-state index contributed by atoms with van der Waals surface area (Å²) in [7, 11) is 1.81. The van der Waals surface area contributed by atoms with Crippen LogP contribution in [0.5, 0.6) is 0 Å². The topological polar surface area (TPSA) is 88.0 Å². The molecule has 1 aromatic heterocycles. The number of anilines is 1. The Morgan fingerprint density at radius 1 is 1.52 bits per heavy atom. The Labute approximate surface area is 122 Å². The summed E-state index contributed by atoms with van der Waals surface area (Å²) in [6.07, 6.45) is 6.17. The molecule has 0 spiro atoms. The van der Waals surface area contributed by atoms with Gasteiger partial charge in [-0.15, -0.1) is 0 Å². The number of nitrogens with zero attached hydrogens (tertiary/aromatic N) is 5. The van der Waals surface area contributed by atoms with Gasteiger partial charge in [0.05, 0.1) is 22.9 Å². The molecule has 108 valence electrons. The fourth-order valence-corrected chi connectivity index (χ4v) is 2.09. The number of nitriles is 1. The molecular weight excluding hydrogens is 270 g/mol. The van der Waals surface area contributed by atoms with Crippen molar-refractivity contribution in [1.29, 1.82) is 5.26 Å². The van der Waals surface area contributed by atoms with E-state index >= 15 is 0 Å². The number of aryl methyl sites for hydroxylation is 1. The van der Waals surface area contributed by atoms with E-state index in [1.54, 1.807) is 24.7 Å². The van der Waals surface area contributed by atoms with E-state index in [2.05, 4.69) is 4.98 Å². The first kappa shape index (κ1) is 14.5. The van der Waals surface area contributed by atoms with Crippen molar-refractivity contribution in [1.82, 2.24) is 9.55 Å². The van der Waals surface area contributed by atoms with Gasteiger partial charge in [-0.2, -0.15) is 5.26 Å². The Kier molecular flexibility index (Phi) is 4.51. The van der Waals surface area contributed by atoms with Crippen LogP contribution in [0.25, 0.3) is 0 Å². The highest BCUT2D eigenvalue weighted by molar-refractivity contribution is 5.65. The third kappa shape index (κ3) is 3.57. The van der Waals surface area contributed by atoms with Gasteiger partial charge in [-0.05, 0) is 18.6 Å². The molecule has 0 atom stereocenters. The highest BCUT2D eigenvalue weighted by Crippen LogP contribution is 2.28. The van der Waals surface area contributed by atoms with Gasteiger partial charge in [0, 0.05) is 38.6 Å². The molecular formula is C14H15N5O2. The van der Waals surface area contributed by atoms with E-state index in [9.17, 15) is 10.1 Å². The van der Waals surface area contributed by atoms with Crippen molar-refractivity contribution >= 4 is 11.4 Å². The number of aromatic nitrogens is 2. The van der Waals surface area contributed by atoms with Crippen LogP contribution in [-0.2, 0) is 6.54 Å². The summed E-state index contributed by atoms with van der Waals surface area (Å²) in [6.45, 7) is 1.47. The molecule has 0 bridgehead atoms. The maximum Gasteiger partial charge on any atom is 0.293 e. The summed E-state index contributed by atoms with van der Waals surface area (Å²) in [6, 6.07) is 6.44. The number of hydrogen-bond donors (Lipinski definition) is 0. The van der Waals surface area contributed by atoms with Crippen LogP contribution in [0.3, 0.4) is 0 Å². The lowest BCUT2D eigenvalue weighted by Gasteiger charge is -2.19. The normalized spacial score (nSPS) is 10.1. The quantitative estimate of drug-likeness (QED) is 0.599.